The normalized spacial score (nSPS) is 14.6. The number of amides is 1. The third kappa shape index (κ3) is 4.74. The summed E-state index contributed by atoms with van der Waals surface area (Å²) in [6.45, 7) is 2.46. The van der Waals surface area contributed by atoms with Crippen molar-refractivity contribution in [2.24, 2.45) is 0 Å². The van der Waals surface area contributed by atoms with Crippen molar-refractivity contribution in [3.05, 3.63) is 62.1 Å². The van der Waals surface area contributed by atoms with Crippen LogP contribution in [0.15, 0.2) is 45.3 Å². The lowest BCUT2D eigenvalue weighted by Crippen LogP contribution is -2.44. The van der Waals surface area contributed by atoms with Crippen LogP contribution in [0, 0.1) is 0 Å². The number of carbonyl (C=O) groups excluding carboxylic acids is 1. The topological polar surface area (TPSA) is 82.3 Å². The van der Waals surface area contributed by atoms with Gasteiger partial charge in [0.25, 0.3) is 5.56 Å². The zero-order valence-electron chi connectivity index (χ0n) is 17.6. The molecule has 1 saturated carbocycles. The highest BCUT2D eigenvalue weighted by atomic mass is 32.1. The first-order valence-corrected chi connectivity index (χ1v) is 11.7. The summed E-state index contributed by atoms with van der Waals surface area (Å²) >= 11 is 1.29. The predicted octanol–water partition coefficient (Wildman–Crippen LogP) is 3.12. The Morgan fingerprint density at radius 2 is 1.97 bits per heavy atom. The van der Waals surface area contributed by atoms with Crippen LogP contribution < -0.4 is 21.3 Å². The maximum absolute atomic E-state index is 13.3. The zero-order chi connectivity index (χ0) is 21.8. The Balaban J connectivity index is 1.65. The third-order valence-corrected chi connectivity index (χ3v) is 6.55. The van der Waals surface area contributed by atoms with E-state index < -0.39 is 5.69 Å². The molecule has 2 aromatic heterocycles. The van der Waals surface area contributed by atoms with Gasteiger partial charge in [-0.2, -0.15) is 0 Å². The van der Waals surface area contributed by atoms with Crippen molar-refractivity contribution in [1.82, 2.24) is 14.5 Å². The fourth-order valence-electron chi connectivity index (χ4n) is 4.17. The summed E-state index contributed by atoms with van der Waals surface area (Å²) in [6.07, 6.45) is 5.39. The van der Waals surface area contributed by atoms with Crippen LogP contribution in [0.4, 0.5) is 0 Å². The first kappa shape index (κ1) is 21.4. The molecule has 7 nitrogen and oxygen atoms in total. The molecule has 1 fully saturated rings. The monoisotopic (exact) mass is 441 g/mol. The highest BCUT2D eigenvalue weighted by Gasteiger charge is 2.19. The standard InChI is InChI=1S/C23H27N3O4S/c1-2-30-18-10-6-7-16(13-18)14-26-22(28)21-19(11-12-31-21)25(23(26)29)15-20(27)24-17-8-4-3-5-9-17/h6-7,10-13,17H,2-5,8-9,14-15H2,1H3,(H,24,27). The van der Waals surface area contributed by atoms with Crippen LogP contribution in [0.5, 0.6) is 5.75 Å². The number of benzene rings is 1. The lowest BCUT2D eigenvalue weighted by Gasteiger charge is -2.23. The number of fused-ring (bicyclic) bond motifs is 1. The summed E-state index contributed by atoms with van der Waals surface area (Å²) in [6, 6.07) is 9.26. The van der Waals surface area contributed by atoms with Gasteiger partial charge >= 0.3 is 5.69 Å². The van der Waals surface area contributed by atoms with E-state index in [2.05, 4.69) is 5.32 Å². The van der Waals surface area contributed by atoms with Crippen LogP contribution in [0.3, 0.4) is 0 Å². The van der Waals surface area contributed by atoms with Gasteiger partial charge in [-0.25, -0.2) is 4.79 Å². The molecule has 0 spiro atoms. The SMILES string of the molecule is CCOc1cccc(Cn2c(=O)c3sccc3n(CC(=O)NC3CCCCC3)c2=O)c1. The van der Waals surface area contributed by atoms with Crippen molar-refractivity contribution in [3.63, 3.8) is 0 Å². The largest absolute Gasteiger partial charge is 0.494 e. The molecule has 31 heavy (non-hydrogen) atoms. The molecule has 8 heteroatoms. The predicted molar refractivity (Wildman–Crippen MR) is 122 cm³/mol. The minimum Gasteiger partial charge on any atom is -0.494 e. The van der Waals surface area contributed by atoms with Crippen molar-refractivity contribution in [2.75, 3.05) is 6.61 Å². The summed E-state index contributed by atoms with van der Waals surface area (Å²) in [5.41, 5.74) is 0.495. The van der Waals surface area contributed by atoms with E-state index in [9.17, 15) is 14.4 Å². The average Bonchev–Trinajstić information content (AvgIpc) is 3.25. The fraction of sp³-hybridized carbons (Fsp3) is 0.435. The number of thiophene rings is 1. The van der Waals surface area contributed by atoms with Gasteiger partial charge in [-0.1, -0.05) is 31.4 Å². The third-order valence-electron chi connectivity index (χ3n) is 5.66. The van der Waals surface area contributed by atoms with Gasteiger partial charge in [0, 0.05) is 6.04 Å². The molecular formula is C23H27N3O4S. The van der Waals surface area contributed by atoms with E-state index in [1.165, 1.54) is 26.9 Å². The number of aromatic nitrogens is 2. The van der Waals surface area contributed by atoms with Crippen molar-refractivity contribution in [3.8, 4) is 5.75 Å². The van der Waals surface area contributed by atoms with Crippen molar-refractivity contribution in [1.29, 1.82) is 0 Å². The molecule has 2 heterocycles. The molecule has 0 bridgehead atoms. The van der Waals surface area contributed by atoms with Crippen LogP contribution in [-0.2, 0) is 17.9 Å². The minimum atomic E-state index is -0.475. The molecule has 1 aromatic carbocycles. The van der Waals surface area contributed by atoms with E-state index in [4.69, 9.17) is 4.74 Å². The Bertz CT molecular complexity index is 1190. The number of nitrogens with one attached hydrogen (secondary N) is 1. The van der Waals surface area contributed by atoms with Crippen LogP contribution in [0.25, 0.3) is 10.2 Å². The number of hydrogen-bond acceptors (Lipinski definition) is 5. The van der Waals surface area contributed by atoms with Gasteiger partial charge in [-0.15, -0.1) is 11.3 Å². The molecule has 3 aromatic rings. The van der Waals surface area contributed by atoms with Crippen molar-refractivity contribution >= 4 is 27.5 Å². The van der Waals surface area contributed by atoms with Gasteiger partial charge in [-0.05, 0) is 48.9 Å². The number of carbonyl (C=O) groups is 1. The second kappa shape index (κ2) is 9.51. The summed E-state index contributed by atoms with van der Waals surface area (Å²) < 4.78 is 8.63. The van der Waals surface area contributed by atoms with Crippen LogP contribution in [-0.4, -0.2) is 27.7 Å². The van der Waals surface area contributed by atoms with E-state index in [1.807, 2.05) is 31.2 Å². The van der Waals surface area contributed by atoms with E-state index in [1.54, 1.807) is 11.4 Å². The van der Waals surface area contributed by atoms with Gasteiger partial charge in [-0.3, -0.25) is 18.7 Å². The first-order valence-electron chi connectivity index (χ1n) is 10.8. The average molecular weight is 442 g/mol. The molecule has 1 N–H and O–H groups in total. The minimum absolute atomic E-state index is 0.0954. The molecule has 1 amide bonds. The Labute approximate surface area is 184 Å². The number of hydrogen-bond donors (Lipinski definition) is 1. The summed E-state index contributed by atoms with van der Waals surface area (Å²) in [5, 5.41) is 4.84. The van der Waals surface area contributed by atoms with E-state index >= 15 is 0 Å². The molecular weight excluding hydrogens is 414 g/mol. The highest BCUT2D eigenvalue weighted by Crippen LogP contribution is 2.19. The Kier molecular flexibility index (Phi) is 6.56. The van der Waals surface area contributed by atoms with Gasteiger partial charge in [0.15, 0.2) is 0 Å². The summed E-state index contributed by atoms with van der Waals surface area (Å²) in [5.74, 6) is 0.502. The first-order chi connectivity index (χ1) is 15.1. The molecule has 0 atom stereocenters. The lowest BCUT2D eigenvalue weighted by molar-refractivity contribution is -0.122. The van der Waals surface area contributed by atoms with Gasteiger partial charge in [0.05, 0.1) is 18.7 Å². The Morgan fingerprint density at radius 1 is 1.16 bits per heavy atom. The van der Waals surface area contributed by atoms with Crippen LogP contribution >= 0.6 is 11.3 Å². The summed E-state index contributed by atoms with van der Waals surface area (Å²) in [4.78, 5) is 39.0. The Morgan fingerprint density at radius 3 is 2.74 bits per heavy atom. The Hall–Kier alpha value is -2.87. The molecule has 0 saturated heterocycles. The quantitative estimate of drug-likeness (QED) is 0.611. The maximum atomic E-state index is 13.3. The van der Waals surface area contributed by atoms with E-state index in [0.717, 1.165) is 31.2 Å². The highest BCUT2D eigenvalue weighted by molar-refractivity contribution is 7.17. The molecule has 164 valence electrons. The lowest BCUT2D eigenvalue weighted by atomic mass is 9.95. The van der Waals surface area contributed by atoms with Gasteiger partial charge in [0.1, 0.15) is 17.0 Å². The smallest absolute Gasteiger partial charge is 0.332 e. The second-order valence-corrected chi connectivity index (χ2v) is 8.79. The maximum Gasteiger partial charge on any atom is 0.332 e. The van der Waals surface area contributed by atoms with Crippen molar-refractivity contribution in [2.45, 2.75) is 58.2 Å². The molecule has 1 aliphatic carbocycles. The van der Waals surface area contributed by atoms with Crippen molar-refractivity contribution < 1.29 is 9.53 Å². The zero-order valence-corrected chi connectivity index (χ0v) is 18.5. The van der Waals surface area contributed by atoms with Gasteiger partial charge in [0.2, 0.25) is 5.91 Å². The van der Waals surface area contributed by atoms with Crippen LogP contribution in [0.2, 0.25) is 0 Å². The number of ether oxygens (including phenoxy) is 1. The van der Waals surface area contributed by atoms with Crippen LogP contribution in [0.1, 0.15) is 44.6 Å². The number of rotatable bonds is 7. The summed E-state index contributed by atoms with van der Waals surface area (Å²) in [7, 11) is 0. The van der Waals surface area contributed by atoms with E-state index in [0.29, 0.717) is 22.6 Å². The fourth-order valence-corrected chi connectivity index (χ4v) is 5.02. The number of nitrogens with zero attached hydrogens (tertiary/aromatic N) is 2. The van der Waals surface area contributed by atoms with Gasteiger partial charge < -0.3 is 10.1 Å². The molecule has 0 radical (unpaired) electrons. The molecule has 1 aliphatic rings. The van der Waals surface area contributed by atoms with E-state index in [-0.39, 0.29) is 30.6 Å². The molecule has 0 aliphatic heterocycles. The molecule has 0 unspecified atom stereocenters. The second-order valence-electron chi connectivity index (χ2n) is 7.88. The molecule has 4 rings (SSSR count).